The Morgan fingerprint density at radius 2 is 2.25 bits per heavy atom. The predicted molar refractivity (Wildman–Crippen MR) is 66.8 cm³/mol. The van der Waals surface area contributed by atoms with E-state index in [9.17, 15) is 0 Å². The highest BCUT2D eigenvalue weighted by molar-refractivity contribution is 7.11. The minimum atomic E-state index is 0.827. The second-order valence-corrected chi connectivity index (χ2v) is 5.72. The van der Waals surface area contributed by atoms with Crippen molar-refractivity contribution in [2.45, 2.75) is 33.2 Å². The van der Waals surface area contributed by atoms with Gasteiger partial charge in [0, 0.05) is 24.6 Å². The first-order chi connectivity index (χ1) is 7.75. The summed E-state index contributed by atoms with van der Waals surface area (Å²) in [6.07, 6.45) is 2.74. The monoisotopic (exact) mass is 240 g/mol. The fraction of sp³-hybridized carbons (Fsp3) is 0.750. The molecule has 0 atom stereocenters. The molecule has 1 N–H and O–H groups in total. The Morgan fingerprint density at radius 1 is 1.44 bits per heavy atom. The van der Waals surface area contributed by atoms with Crippen LogP contribution in [-0.4, -0.2) is 24.7 Å². The lowest BCUT2D eigenvalue weighted by Crippen LogP contribution is -2.19. The predicted octanol–water partition coefficient (Wildman–Crippen LogP) is 2.28. The molecule has 1 aliphatic carbocycles. The van der Waals surface area contributed by atoms with Crippen molar-refractivity contribution in [3.05, 3.63) is 15.6 Å². The van der Waals surface area contributed by atoms with Crippen LogP contribution in [0, 0.1) is 19.8 Å². The van der Waals surface area contributed by atoms with E-state index in [-0.39, 0.29) is 0 Å². The summed E-state index contributed by atoms with van der Waals surface area (Å²) >= 11 is 1.78. The molecule has 0 unspecified atom stereocenters. The van der Waals surface area contributed by atoms with Gasteiger partial charge in [0.2, 0.25) is 0 Å². The molecule has 1 aliphatic rings. The molecule has 3 nitrogen and oxygen atoms in total. The molecule has 0 aliphatic heterocycles. The maximum Gasteiger partial charge on any atom is 0.0900 e. The van der Waals surface area contributed by atoms with Crippen molar-refractivity contribution in [2.75, 3.05) is 19.8 Å². The average molecular weight is 240 g/mol. The molecule has 2 rings (SSSR count). The lowest BCUT2D eigenvalue weighted by Gasteiger charge is -2.04. The summed E-state index contributed by atoms with van der Waals surface area (Å²) < 4.78 is 5.56. The highest BCUT2D eigenvalue weighted by atomic mass is 32.1. The third-order valence-corrected chi connectivity index (χ3v) is 3.83. The van der Waals surface area contributed by atoms with Crippen LogP contribution in [-0.2, 0) is 11.3 Å². The van der Waals surface area contributed by atoms with Crippen molar-refractivity contribution in [2.24, 2.45) is 5.92 Å². The number of nitrogens with zero attached hydrogens (tertiary/aromatic N) is 1. The molecule has 0 spiro atoms. The minimum Gasteiger partial charge on any atom is -0.380 e. The SMILES string of the molecule is Cc1nc(C)c(CNCCOCC2CC2)s1. The Kier molecular flexibility index (Phi) is 4.32. The van der Waals surface area contributed by atoms with E-state index in [1.165, 1.54) is 17.7 Å². The van der Waals surface area contributed by atoms with E-state index in [1.807, 2.05) is 0 Å². The molecular formula is C12H20N2OS. The molecule has 0 bridgehead atoms. The summed E-state index contributed by atoms with van der Waals surface area (Å²) in [6.45, 7) is 7.77. The van der Waals surface area contributed by atoms with Crippen LogP contribution in [0.2, 0.25) is 0 Å². The zero-order valence-electron chi connectivity index (χ0n) is 10.1. The van der Waals surface area contributed by atoms with Gasteiger partial charge in [0.05, 0.1) is 17.3 Å². The second-order valence-electron chi connectivity index (χ2n) is 4.44. The summed E-state index contributed by atoms with van der Waals surface area (Å²) in [5.74, 6) is 0.867. The third-order valence-electron chi connectivity index (χ3n) is 2.76. The Bertz CT molecular complexity index is 334. The molecule has 0 saturated heterocycles. The first kappa shape index (κ1) is 12.0. The molecule has 1 fully saturated rings. The van der Waals surface area contributed by atoms with E-state index in [2.05, 4.69) is 24.1 Å². The van der Waals surface area contributed by atoms with Crippen LogP contribution in [0.4, 0.5) is 0 Å². The highest BCUT2D eigenvalue weighted by Crippen LogP contribution is 2.28. The zero-order chi connectivity index (χ0) is 11.4. The smallest absolute Gasteiger partial charge is 0.0900 e. The van der Waals surface area contributed by atoms with Crippen LogP contribution in [0.5, 0.6) is 0 Å². The Hall–Kier alpha value is -0.450. The molecular weight excluding hydrogens is 220 g/mol. The van der Waals surface area contributed by atoms with Crippen LogP contribution in [0.25, 0.3) is 0 Å². The molecule has 0 radical (unpaired) electrons. The van der Waals surface area contributed by atoms with Crippen LogP contribution in [0.15, 0.2) is 0 Å². The normalized spacial score (nSPS) is 15.6. The summed E-state index contributed by atoms with van der Waals surface area (Å²) in [5, 5.41) is 4.55. The molecule has 1 saturated carbocycles. The van der Waals surface area contributed by atoms with Crippen molar-refractivity contribution in [1.29, 1.82) is 0 Å². The number of aromatic nitrogens is 1. The lowest BCUT2D eigenvalue weighted by molar-refractivity contribution is 0.126. The van der Waals surface area contributed by atoms with E-state index in [1.54, 1.807) is 11.3 Å². The topological polar surface area (TPSA) is 34.2 Å². The van der Waals surface area contributed by atoms with Gasteiger partial charge in [0.1, 0.15) is 0 Å². The van der Waals surface area contributed by atoms with E-state index in [0.29, 0.717) is 0 Å². The maximum atomic E-state index is 5.56. The second kappa shape index (κ2) is 5.75. The Morgan fingerprint density at radius 3 is 2.88 bits per heavy atom. The van der Waals surface area contributed by atoms with Crippen LogP contribution < -0.4 is 5.32 Å². The van der Waals surface area contributed by atoms with Gasteiger partial charge >= 0.3 is 0 Å². The van der Waals surface area contributed by atoms with Crippen LogP contribution in [0.3, 0.4) is 0 Å². The van der Waals surface area contributed by atoms with Crippen LogP contribution >= 0.6 is 11.3 Å². The molecule has 0 amide bonds. The minimum absolute atomic E-state index is 0.827. The zero-order valence-corrected chi connectivity index (χ0v) is 10.9. The van der Waals surface area contributed by atoms with Crippen molar-refractivity contribution in [3.8, 4) is 0 Å². The van der Waals surface area contributed by atoms with Gasteiger partial charge in [-0.1, -0.05) is 0 Å². The quantitative estimate of drug-likeness (QED) is 0.742. The molecule has 1 aromatic rings. The molecule has 1 aromatic heterocycles. The van der Waals surface area contributed by atoms with Gasteiger partial charge < -0.3 is 10.1 Å². The van der Waals surface area contributed by atoms with Gasteiger partial charge in [-0.2, -0.15) is 0 Å². The van der Waals surface area contributed by atoms with Crippen molar-refractivity contribution >= 4 is 11.3 Å². The Balaban J connectivity index is 1.54. The maximum absolute atomic E-state index is 5.56. The van der Waals surface area contributed by atoms with Gasteiger partial charge in [-0.3, -0.25) is 0 Å². The van der Waals surface area contributed by atoms with Crippen molar-refractivity contribution in [1.82, 2.24) is 10.3 Å². The van der Waals surface area contributed by atoms with E-state index >= 15 is 0 Å². The van der Waals surface area contributed by atoms with Crippen molar-refractivity contribution < 1.29 is 4.74 Å². The van der Waals surface area contributed by atoms with Gasteiger partial charge in [0.15, 0.2) is 0 Å². The molecule has 90 valence electrons. The van der Waals surface area contributed by atoms with Gasteiger partial charge in [0.25, 0.3) is 0 Å². The molecule has 0 aromatic carbocycles. The Labute approximate surface area is 101 Å². The number of hydrogen-bond acceptors (Lipinski definition) is 4. The summed E-state index contributed by atoms with van der Waals surface area (Å²) in [6, 6.07) is 0. The fourth-order valence-electron chi connectivity index (χ4n) is 1.62. The number of ether oxygens (including phenoxy) is 1. The number of thiazole rings is 1. The first-order valence-electron chi connectivity index (χ1n) is 5.97. The van der Waals surface area contributed by atoms with Gasteiger partial charge in [-0.25, -0.2) is 4.98 Å². The first-order valence-corrected chi connectivity index (χ1v) is 6.78. The van der Waals surface area contributed by atoms with E-state index in [4.69, 9.17) is 4.74 Å². The van der Waals surface area contributed by atoms with Gasteiger partial charge in [-0.05, 0) is 32.6 Å². The number of rotatable bonds is 7. The number of nitrogens with one attached hydrogen (secondary N) is 1. The molecule has 4 heteroatoms. The number of hydrogen-bond donors (Lipinski definition) is 1. The summed E-state index contributed by atoms with van der Waals surface area (Å²) in [7, 11) is 0. The van der Waals surface area contributed by atoms with E-state index in [0.717, 1.165) is 42.9 Å². The molecule has 1 heterocycles. The fourth-order valence-corrected chi connectivity index (χ4v) is 2.53. The summed E-state index contributed by atoms with van der Waals surface area (Å²) in [5.41, 5.74) is 1.16. The lowest BCUT2D eigenvalue weighted by atomic mass is 10.4. The van der Waals surface area contributed by atoms with E-state index < -0.39 is 0 Å². The largest absolute Gasteiger partial charge is 0.380 e. The van der Waals surface area contributed by atoms with Gasteiger partial charge in [-0.15, -0.1) is 11.3 Å². The summed E-state index contributed by atoms with van der Waals surface area (Å²) in [4.78, 5) is 5.75. The number of aryl methyl sites for hydroxylation is 2. The molecule has 16 heavy (non-hydrogen) atoms. The highest BCUT2D eigenvalue weighted by Gasteiger charge is 2.20. The standard InChI is InChI=1S/C12H20N2OS/c1-9-12(16-10(2)14-9)7-13-5-6-15-8-11-3-4-11/h11,13H,3-8H2,1-2H3. The average Bonchev–Trinajstić information content (AvgIpc) is 2.99. The third kappa shape index (κ3) is 3.85. The van der Waals surface area contributed by atoms with Crippen molar-refractivity contribution in [3.63, 3.8) is 0 Å². The van der Waals surface area contributed by atoms with Crippen LogP contribution in [0.1, 0.15) is 28.4 Å².